The number of hydrogen-bond acceptors (Lipinski definition) is 3. The van der Waals surface area contributed by atoms with Crippen molar-refractivity contribution in [1.82, 2.24) is 0 Å². The van der Waals surface area contributed by atoms with E-state index in [9.17, 15) is 5.11 Å². The van der Waals surface area contributed by atoms with Crippen molar-refractivity contribution < 1.29 is 5.11 Å². The third-order valence-corrected chi connectivity index (χ3v) is 4.22. The van der Waals surface area contributed by atoms with Crippen LogP contribution in [-0.2, 0) is 0 Å². The maximum atomic E-state index is 10.0. The second kappa shape index (κ2) is 3.79. The molecule has 0 aromatic carbocycles. The van der Waals surface area contributed by atoms with E-state index in [-0.39, 0.29) is 16.9 Å². The summed E-state index contributed by atoms with van der Waals surface area (Å²) in [6.45, 7) is 5.01. The minimum Gasteiger partial charge on any atom is -0.392 e. The largest absolute Gasteiger partial charge is 0.392 e. The van der Waals surface area contributed by atoms with Crippen molar-refractivity contribution >= 4 is 11.8 Å². The van der Waals surface area contributed by atoms with Gasteiger partial charge in [0.15, 0.2) is 0 Å². The molecule has 3 N–H and O–H groups in total. The summed E-state index contributed by atoms with van der Waals surface area (Å²) in [5, 5.41) is 10.0. The zero-order valence-corrected chi connectivity index (χ0v) is 9.66. The molecule has 0 aliphatic heterocycles. The van der Waals surface area contributed by atoms with E-state index in [1.54, 1.807) is 11.8 Å². The van der Waals surface area contributed by atoms with Crippen LogP contribution in [0.1, 0.15) is 26.7 Å². The van der Waals surface area contributed by atoms with Gasteiger partial charge in [0, 0.05) is 12.0 Å². The Morgan fingerprint density at radius 3 is 2.38 bits per heavy atom. The van der Waals surface area contributed by atoms with Crippen molar-refractivity contribution in [2.24, 2.45) is 16.6 Å². The molecule has 0 bridgehead atoms. The standard InChI is InChI=1S/C10H21NOS/c1-9(2)6-10(9,7-11)8(12)4-5-13-3/h8,12H,4-7,11H2,1-3H3. The second-order valence-electron chi connectivity index (χ2n) is 4.72. The third kappa shape index (κ3) is 1.88. The molecule has 0 radical (unpaired) electrons. The fourth-order valence-corrected chi connectivity index (χ4v) is 2.76. The van der Waals surface area contributed by atoms with E-state index in [4.69, 9.17) is 5.73 Å². The van der Waals surface area contributed by atoms with E-state index in [0.717, 1.165) is 18.6 Å². The van der Waals surface area contributed by atoms with Crippen molar-refractivity contribution in [2.75, 3.05) is 18.6 Å². The Hall–Kier alpha value is 0.270. The van der Waals surface area contributed by atoms with Crippen molar-refractivity contribution in [3.05, 3.63) is 0 Å². The molecule has 3 heteroatoms. The van der Waals surface area contributed by atoms with Crippen molar-refractivity contribution in [1.29, 1.82) is 0 Å². The molecule has 0 aromatic rings. The number of aliphatic hydroxyl groups is 1. The monoisotopic (exact) mass is 203 g/mol. The van der Waals surface area contributed by atoms with Crippen LogP contribution in [0.25, 0.3) is 0 Å². The number of thioether (sulfide) groups is 1. The fraction of sp³-hybridized carbons (Fsp3) is 1.00. The Bertz CT molecular complexity index is 184. The molecule has 1 fully saturated rings. The number of rotatable bonds is 5. The highest BCUT2D eigenvalue weighted by molar-refractivity contribution is 7.98. The Morgan fingerprint density at radius 2 is 2.08 bits per heavy atom. The lowest BCUT2D eigenvalue weighted by atomic mass is 9.88. The summed E-state index contributed by atoms with van der Waals surface area (Å²) < 4.78 is 0. The fourth-order valence-electron chi connectivity index (χ4n) is 2.30. The Morgan fingerprint density at radius 1 is 1.54 bits per heavy atom. The molecular formula is C10H21NOS. The first-order chi connectivity index (χ1) is 6.00. The average molecular weight is 203 g/mol. The van der Waals surface area contributed by atoms with Gasteiger partial charge in [0.05, 0.1) is 6.10 Å². The summed E-state index contributed by atoms with van der Waals surface area (Å²) >= 11 is 1.78. The van der Waals surface area contributed by atoms with Crippen molar-refractivity contribution in [3.8, 4) is 0 Å². The van der Waals surface area contributed by atoms with Gasteiger partial charge in [0.2, 0.25) is 0 Å². The minimum absolute atomic E-state index is 0.0166. The van der Waals surface area contributed by atoms with Gasteiger partial charge in [0.25, 0.3) is 0 Å². The van der Waals surface area contributed by atoms with Crippen LogP contribution < -0.4 is 5.73 Å². The first-order valence-corrected chi connectivity index (χ1v) is 6.26. The Kier molecular flexibility index (Phi) is 3.31. The maximum absolute atomic E-state index is 10.0. The van der Waals surface area contributed by atoms with Gasteiger partial charge in [-0.15, -0.1) is 0 Å². The zero-order chi connectivity index (χ0) is 10.1. The normalized spacial score (nSPS) is 33.0. The highest BCUT2D eigenvalue weighted by Crippen LogP contribution is 2.65. The summed E-state index contributed by atoms with van der Waals surface area (Å²) in [4.78, 5) is 0. The summed E-state index contributed by atoms with van der Waals surface area (Å²) in [7, 11) is 0. The molecule has 1 aliphatic carbocycles. The molecule has 1 rings (SSSR count). The summed E-state index contributed by atoms with van der Waals surface area (Å²) in [5.41, 5.74) is 6.02. The van der Waals surface area contributed by atoms with Crippen molar-refractivity contribution in [3.63, 3.8) is 0 Å². The summed E-state index contributed by atoms with van der Waals surface area (Å²) in [5.74, 6) is 1.03. The zero-order valence-electron chi connectivity index (χ0n) is 8.84. The predicted octanol–water partition coefficient (Wildman–Crippen LogP) is 1.48. The smallest absolute Gasteiger partial charge is 0.0621 e. The quantitative estimate of drug-likeness (QED) is 0.711. The molecule has 2 atom stereocenters. The van der Waals surface area contributed by atoms with Gasteiger partial charge in [-0.2, -0.15) is 11.8 Å². The Balaban J connectivity index is 2.49. The van der Waals surface area contributed by atoms with E-state index in [2.05, 4.69) is 20.1 Å². The molecule has 78 valence electrons. The molecule has 0 heterocycles. The SMILES string of the molecule is CSCCC(O)C1(CN)CC1(C)C. The van der Waals surface area contributed by atoms with Gasteiger partial charge in [0.1, 0.15) is 0 Å². The molecule has 0 spiro atoms. The molecule has 1 saturated carbocycles. The summed E-state index contributed by atoms with van der Waals surface area (Å²) in [6.07, 6.45) is 3.81. The predicted molar refractivity (Wildman–Crippen MR) is 58.9 cm³/mol. The van der Waals surface area contributed by atoms with Gasteiger partial charge in [-0.25, -0.2) is 0 Å². The van der Waals surface area contributed by atoms with Crippen LogP contribution in [0.3, 0.4) is 0 Å². The second-order valence-corrected chi connectivity index (χ2v) is 5.70. The lowest BCUT2D eigenvalue weighted by Gasteiger charge is -2.24. The van der Waals surface area contributed by atoms with E-state index in [1.807, 2.05) is 0 Å². The average Bonchev–Trinajstić information content (AvgIpc) is 2.66. The van der Waals surface area contributed by atoms with E-state index in [1.165, 1.54) is 0 Å². The Labute approximate surface area is 85.3 Å². The highest BCUT2D eigenvalue weighted by Gasteiger charge is 2.63. The topological polar surface area (TPSA) is 46.2 Å². The minimum atomic E-state index is -0.208. The molecule has 13 heavy (non-hydrogen) atoms. The molecule has 1 aliphatic rings. The first kappa shape index (κ1) is 11.3. The third-order valence-electron chi connectivity index (χ3n) is 3.58. The molecule has 2 nitrogen and oxygen atoms in total. The lowest BCUT2D eigenvalue weighted by Crippen LogP contribution is -2.34. The molecule has 0 saturated heterocycles. The number of aliphatic hydroxyl groups excluding tert-OH is 1. The van der Waals surface area contributed by atoms with E-state index >= 15 is 0 Å². The van der Waals surface area contributed by atoms with Gasteiger partial charge >= 0.3 is 0 Å². The number of hydrogen-bond donors (Lipinski definition) is 2. The van der Waals surface area contributed by atoms with Crippen LogP contribution >= 0.6 is 11.8 Å². The van der Waals surface area contributed by atoms with Crippen LogP contribution in [0.2, 0.25) is 0 Å². The molecule has 2 unspecified atom stereocenters. The molecule has 0 amide bonds. The number of nitrogens with two attached hydrogens (primary N) is 1. The van der Waals surface area contributed by atoms with Crippen LogP contribution in [0.5, 0.6) is 0 Å². The van der Waals surface area contributed by atoms with Gasteiger partial charge < -0.3 is 10.8 Å². The first-order valence-electron chi connectivity index (χ1n) is 4.87. The van der Waals surface area contributed by atoms with Gasteiger partial charge in [-0.3, -0.25) is 0 Å². The van der Waals surface area contributed by atoms with Crippen LogP contribution in [-0.4, -0.2) is 29.8 Å². The van der Waals surface area contributed by atoms with Crippen LogP contribution in [0, 0.1) is 10.8 Å². The molecule has 0 aromatic heterocycles. The molecular weight excluding hydrogens is 182 g/mol. The van der Waals surface area contributed by atoms with E-state index in [0.29, 0.717) is 6.54 Å². The van der Waals surface area contributed by atoms with Gasteiger partial charge in [-0.1, -0.05) is 13.8 Å². The highest BCUT2D eigenvalue weighted by atomic mass is 32.2. The van der Waals surface area contributed by atoms with E-state index < -0.39 is 0 Å². The summed E-state index contributed by atoms with van der Waals surface area (Å²) in [6, 6.07) is 0. The van der Waals surface area contributed by atoms with Gasteiger partial charge in [-0.05, 0) is 30.3 Å². The van der Waals surface area contributed by atoms with Crippen molar-refractivity contribution in [2.45, 2.75) is 32.8 Å². The van der Waals surface area contributed by atoms with Crippen LogP contribution in [0.15, 0.2) is 0 Å². The van der Waals surface area contributed by atoms with Crippen LogP contribution in [0.4, 0.5) is 0 Å². The lowest BCUT2D eigenvalue weighted by molar-refractivity contribution is 0.0729. The maximum Gasteiger partial charge on any atom is 0.0621 e.